The number of benzene rings is 2. The van der Waals surface area contributed by atoms with Gasteiger partial charge in [-0.15, -0.1) is 10.2 Å². The minimum Gasteiger partial charge on any atom is -0.478 e. The van der Waals surface area contributed by atoms with Gasteiger partial charge in [0.1, 0.15) is 0 Å². The molecule has 0 saturated heterocycles. The van der Waals surface area contributed by atoms with E-state index in [9.17, 15) is 9.59 Å². The first-order valence-electron chi connectivity index (χ1n) is 8.16. The highest BCUT2D eigenvalue weighted by molar-refractivity contribution is 6.12. The minimum atomic E-state index is -0.996. The molecule has 27 heavy (non-hydrogen) atoms. The van der Waals surface area contributed by atoms with Crippen LogP contribution >= 0.6 is 0 Å². The molecule has 1 N–H and O–H groups in total. The van der Waals surface area contributed by atoms with Crippen molar-refractivity contribution in [2.45, 2.75) is 13.3 Å². The van der Waals surface area contributed by atoms with E-state index in [1.54, 1.807) is 36.4 Å². The van der Waals surface area contributed by atoms with Crippen LogP contribution < -0.4 is 5.01 Å². The summed E-state index contributed by atoms with van der Waals surface area (Å²) in [5.74, 6) is -0.443. The van der Waals surface area contributed by atoms with E-state index in [2.05, 4.69) is 15.3 Å². The smallest absolute Gasteiger partial charge is 0.335 e. The van der Waals surface area contributed by atoms with Gasteiger partial charge in [0.25, 0.3) is 5.91 Å². The number of carbonyl (C=O) groups excluding carboxylic acids is 1. The summed E-state index contributed by atoms with van der Waals surface area (Å²) < 4.78 is 5.68. The third kappa shape index (κ3) is 3.20. The van der Waals surface area contributed by atoms with E-state index in [-0.39, 0.29) is 11.5 Å². The van der Waals surface area contributed by atoms with Crippen molar-refractivity contribution in [2.24, 2.45) is 5.10 Å². The maximum atomic E-state index is 11.9. The van der Waals surface area contributed by atoms with E-state index in [4.69, 9.17) is 9.52 Å². The first-order valence-corrected chi connectivity index (χ1v) is 8.16. The number of aromatic nitrogens is 2. The van der Waals surface area contributed by atoms with Crippen LogP contribution in [-0.2, 0) is 4.79 Å². The van der Waals surface area contributed by atoms with E-state index < -0.39 is 5.97 Å². The summed E-state index contributed by atoms with van der Waals surface area (Å²) in [6, 6.07) is 13.3. The molecule has 0 unspecified atom stereocenters. The summed E-state index contributed by atoms with van der Waals surface area (Å²) in [5.41, 5.74) is 2.96. The summed E-state index contributed by atoms with van der Waals surface area (Å²) >= 11 is 0. The highest BCUT2D eigenvalue weighted by Gasteiger charge is 2.22. The Bertz CT molecular complexity index is 1050. The Morgan fingerprint density at radius 1 is 1.00 bits per heavy atom. The second-order valence-electron chi connectivity index (χ2n) is 6.06. The van der Waals surface area contributed by atoms with E-state index in [0.717, 1.165) is 5.71 Å². The van der Waals surface area contributed by atoms with Crippen molar-refractivity contribution in [2.75, 3.05) is 5.01 Å². The van der Waals surface area contributed by atoms with Gasteiger partial charge in [-0.2, -0.15) is 5.10 Å². The highest BCUT2D eigenvalue weighted by Crippen LogP contribution is 2.27. The molecule has 8 heteroatoms. The largest absolute Gasteiger partial charge is 0.478 e. The number of carbonyl (C=O) groups is 2. The van der Waals surface area contributed by atoms with Gasteiger partial charge >= 0.3 is 5.97 Å². The lowest BCUT2D eigenvalue weighted by Crippen LogP contribution is -2.19. The molecule has 1 aromatic heterocycles. The van der Waals surface area contributed by atoms with Gasteiger partial charge in [-0.3, -0.25) is 4.79 Å². The molecule has 0 radical (unpaired) electrons. The second-order valence-corrected chi connectivity index (χ2v) is 6.06. The van der Waals surface area contributed by atoms with Gasteiger partial charge in [-0.05, 0) is 55.5 Å². The Hall–Kier alpha value is -3.81. The summed E-state index contributed by atoms with van der Waals surface area (Å²) in [4.78, 5) is 22.8. The van der Waals surface area contributed by atoms with Gasteiger partial charge in [-0.25, -0.2) is 9.80 Å². The summed E-state index contributed by atoms with van der Waals surface area (Å²) in [7, 11) is 0. The van der Waals surface area contributed by atoms with E-state index in [1.807, 2.05) is 6.92 Å². The maximum absolute atomic E-state index is 11.9. The average molecular weight is 362 g/mol. The van der Waals surface area contributed by atoms with Crippen LogP contribution in [-0.4, -0.2) is 32.9 Å². The zero-order valence-electron chi connectivity index (χ0n) is 14.3. The van der Waals surface area contributed by atoms with Crippen LogP contribution in [0.5, 0.6) is 0 Å². The molecule has 2 heterocycles. The molecule has 0 atom stereocenters. The number of aromatic carboxylic acids is 1. The quantitative estimate of drug-likeness (QED) is 0.763. The lowest BCUT2D eigenvalue weighted by atomic mass is 10.1. The molecule has 0 bridgehead atoms. The Kier molecular flexibility index (Phi) is 4.00. The van der Waals surface area contributed by atoms with Crippen LogP contribution in [0.4, 0.5) is 5.69 Å². The Balaban J connectivity index is 1.56. The van der Waals surface area contributed by atoms with Crippen molar-refractivity contribution >= 4 is 23.3 Å². The van der Waals surface area contributed by atoms with E-state index in [1.165, 1.54) is 17.1 Å². The number of anilines is 1. The van der Waals surface area contributed by atoms with Crippen LogP contribution in [0, 0.1) is 0 Å². The van der Waals surface area contributed by atoms with Crippen LogP contribution in [0.15, 0.2) is 58.0 Å². The fraction of sp³-hybridized carbons (Fsp3) is 0.105. The second kappa shape index (κ2) is 6.49. The number of carboxylic acids is 1. The van der Waals surface area contributed by atoms with E-state index >= 15 is 0 Å². The predicted octanol–water partition coefficient (Wildman–Crippen LogP) is 3.21. The Morgan fingerprint density at radius 3 is 2.04 bits per heavy atom. The monoisotopic (exact) mass is 362 g/mol. The molecule has 0 saturated carbocycles. The lowest BCUT2D eigenvalue weighted by molar-refractivity contribution is -0.116. The Labute approximate surface area is 153 Å². The SMILES string of the molecule is CC1=NN(c2ccc(-c3nnc(-c4ccc(C(=O)O)cc4)o3)cc2)C(=O)C1. The number of rotatable bonds is 4. The Morgan fingerprint density at radius 2 is 1.56 bits per heavy atom. The summed E-state index contributed by atoms with van der Waals surface area (Å²) in [5, 5.41) is 22.6. The lowest BCUT2D eigenvalue weighted by Gasteiger charge is -2.11. The fourth-order valence-corrected chi connectivity index (χ4v) is 2.71. The first-order chi connectivity index (χ1) is 13.0. The molecule has 1 aliphatic heterocycles. The van der Waals surface area contributed by atoms with Gasteiger partial charge in [0.05, 0.1) is 17.7 Å². The van der Waals surface area contributed by atoms with Crippen molar-refractivity contribution in [3.63, 3.8) is 0 Å². The summed E-state index contributed by atoms with van der Waals surface area (Å²) in [6.45, 7) is 1.81. The maximum Gasteiger partial charge on any atom is 0.335 e. The molecule has 4 rings (SSSR count). The molecule has 1 amide bonds. The van der Waals surface area contributed by atoms with Crippen molar-refractivity contribution in [1.29, 1.82) is 0 Å². The number of amides is 1. The number of hydrogen-bond donors (Lipinski definition) is 1. The molecule has 3 aromatic rings. The van der Waals surface area contributed by atoms with Crippen molar-refractivity contribution in [1.82, 2.24) is 10.2 Å². The van der Waals surface area contributed by atoms with E-state index in [0.29, 0.717) is 35.0 Å². The normalized spacial score (nSPS) is 13.7. The van der Waals surface area contributed by atoms with Gasteiger partial charge in [0.2, 0.25) is 11.8 Å². The molecule has 134 valence electrons. The number of nitrogens with zero attached hydrogens (tertiary/aromatic N) is 4. The third-order valence-corrected chi connectivity index (χ3v) is 4.08. The molecular formula is C19H14N4O4. The van der Waals surface area contributed by atoms with Crippen molar-refractivity contribution in [3.05, 3.63) is 54.1 Å². The van der Waals surface area contributed by atoms with Gasteiger partial charge < -0.3 is 9.52 Å². The number of carboxylic acid groups (broad SMARTS) is 1. The minimum absolute atomic E-state index is 0.0647. The number of hydrazone groups is 1. The van der Waals surface area contributed by atoms with Crippen LogP contribution in [0.25, 0.3) is 22.9 Å². The van der Waals surface area contributed by atoms with Gasteiger partial charge in [0.15, 0.2) is 0 Å². The third-order valence-electron chi connectivity index (χ3n) is 4.08. The molecular weight excluding hydrogens is 348 g/mol. The standard InChI is InChI=1S/C19H14N4O4/c1-11-10-16(24)23(22-11)15-8-6-13(7-9-15)18-21-20-17(27-18)12-2-4-14(5-3-12)19(25)26/h2-9H,10H2,1H3,(H,25,26). The molecule has 0 fully saturated rings. The average Bonchev–Trinajstić information content (AvgIpc) is 3.28. The van der Waals surface area contributed by atoms with Gasteiger partial charge in [0, 0.05) is 16.8 Å². The molecule has 2 aromatic carbocycles. The van der Waals surface area contributed by atoms with Crippen molar-refractivity contribution in [3.8, 4) is 22.9 Å². The molecule has 8 nitrogen and oxygen atoms in total. The molecule has 1 aliphatic rings. The topological polar surface area (TPSA) is 109 Å². The van der Waals surface area contributed by atoms with Crippen LogP contribution in [0.2, 0.25) is 0 Å². The van der Waals surface area contributed by atoms with Crippen molar-refractivity contribution < 1.29 is 19.1 Å². The summed E-state index contributed by atoms with van der Waals surface area (Å²) in [6.07, 6.45) is 0.329. The zero-order valence-corrected chi connectivity index (χ0v) is 14.3. The first kappa shape index (κ1) is 16.6. The molecule has 0 spiro atoms. The number of hydrogen-bond acceptors (Lipinski definition) is 6. The van der Waals surface area contributed by atoms with Gasteiger partial charge in [-0.1, -0.05) is 0 Å². The van der Waals surface area contributed by atoms with Crippen LogP contribution in [0.3, 0.4) is 0 Å². The fourth-order valence-electron chi connectivity index (χ4n) is 2.71. The zero-order chi connectivity index (χ0) is 19.0. The van der Waals surface area contributed by atoms with Crippen LogP contribution in [0.1, 0.15) is 23.7 Å². The predicted molar refractivity (Wildman–Crippen MR) is 97.3 cm³/mol. The highest BCUT2D eigenvalue weighted by atomic mass is 16.4. The molecule has 0 aliphatic carbocycles.